The summed E-state index contributed by atoms with van der Waals surface area (Å²) in [6.45, 7) is 8.55. The Kier molecular flexibility index (Phi) is 16.1. The first-order valence-corrected chi connectivity index (χ1v) is 26.4. The number of aliphatic carboxylic acids is 1. The number of ether oxygens (including phenoxy) is 2. The first-order valence-electron chi connectivity index (χ1n) is 23.5. The Hall–Kier alpha value is -8.02. The van der Waals surface area contributed by atoms with Crippen LogP contribution < -0.4 is 34.0 Å². The van der Waals surface area contributed by atoms with Crippen molar-refractivity contribution in [1.29, 1.82) is 0 Å². The van der Waals surface area contributed by atoms with E-state index in [2.05, 4.69) is 35.4 Å². The number of carbonyl (C=O) groups excluding carboxylic acids is 1. The first-order chi connectivity index (χ1) is 37.2. The number of carboxylic acids is 1. The number of halogens is 12. The minimum atomic E-state index is -5.00. The molecule has 16 nitrogen and oxygen atoms in total. The predicted molar refractivity (Wildman–Crippen MR) is 268 cm³/mol. The molecular weight excluding hydrogens is 1150 g/mol. The van der Waals surface area contributed by atoms with Crippen LogP contribution in [0.25, 0.3) is 0 Å². The number of sulfonamides is 2. The van der Waals surface area contributed by atoms with Crippen molar-refractivity contribution in [2.45, 2.75) is 106 Å². The highest BCUT2D eigenvalue weighted by Crippen LogP contribution is 2.45. The molecule has 0 radical (unpaired) electrons. The zero-order valence-electron chi connectivity index (χ0n) is 42.7. The van der Waals surface area contributed by atoms with E-state index in [9.17, 15) is 84.2 Å². The quantitative estimate of drug-likeness (QED) is 0.0891. The van der Waals surface area contributed by atoms with Gasteiger partial charge in [0, 0.05) is 17.2 Å². The summed E-state index contributed by atoms with van der Waals surface area (Å²) in [6.07, 6.45) is -19.6. The molecule has 434 valence electrons. The van der Waals surface area contributed by atoms with Crippen molar-refractivity contribution in [3.63, 3.8) is 0 Å². The normalized spacial score (nSPS) is 14.1. The zero-order valence-corrected chi connectivity index (χ0v) is 44.4. The fourth-order valence-corrected chi connectivity index (χ4v) is 10.9. The van der Waals surface area contributed by atoms with Gasteiger partial charge in [-0.1, -0.05) is 24.3 Å². The van der Waals surface area contributed by atoms with Crippen LogP contribution in [0.1, 0.15) is 75.2 Å². The van der Waals surface area contributed by atoms with E-state index in [4.69, 9.17) is 0 Å². The van der Waals surface area contributed by atoms with E-state index in [1.54, 1.807) is 33.8 Å². The van der Waals surface area contributed by atoms with E-state index in [0.717, 1.165) is 75.3 Å². The molecule has 8 rings (SSSR count). The Labute approximate surface area is 453 Å². The second-order valence-corrected chi connectivity index (χ2v) is 23.1. The van der Waals surface area contributed by atoms with Gasteiger partial charge in [0.1, 0.15) is 34.5 Å². The second-order valence-electron chi connectivity index (χ2n) is 19.4. The van der Waals surface area contributed by atoms with Crippen LogP contribution in [0.15, 0.2) is 119 Å². The molecular formula is C51H45F12N7O9S2. The maximum atomic E-state index is 13.9. The molecule has 2 aliphatic rings. The number of rotatable bonds is 11. The number of hydrogen-bond acceptors (Lipinski definition) is 12. The highest BCUT2D eigenvalue weighted by Gasteiger charge is 2.41. The standard InChI is InChI=1S/C27H26F6N4O4S.C24H19F6N3O5S/c1-15(2)34-24(38)25(3,4)17-6-11-20-21(13-17)37(14-16-5-12-22(26(28,29)30)36-23(16)35-20)42(39,40)19-9-7-18(8-10-19)41-27(31,32)33;1-22(2,21(34)35)14-4-9-17-18(11-14)33(12-13-3-10-19(23(25,26)27)32-20(13)31-17)39(36,37)16-7-5-15(6-8-16)38-24(28,29)30/h5-13,15H,14H2,1-4H3,(H,34,38)(H,35,36);3-11H,12H2,1-2H3,(H,31,32)(H,34,35). The molecule has 30 heteroatoms. The van der Waals surface area contributed by atoms with Gasteiger partial charge in [0.15, 0.2) is 0 Å². The molecule has 0 atom stereocenters. The van der Waals surface area contributed by atoms with E-state index in [1.807, 2.05) is 0 Å². The van der Waals surface area contributed by atoms with Gasteiger partial charge < -0.3 is 30.5 Å². The van der Waals surface area contributed by atoms with Gasteiger partial charge in [0.2, 0.25) is 5.91 Å². The highest BCUT2D eigenvalue weighted by molar-refractivity contribution is 7.93. The van der Waals surface area contributed by atoms with Gasteiger partial charge in [-0.3, -0.25) is 18.2 Å². The molecule has 0 spiro atoms. The molecule has 0 aliphatic carbocycles. The van der Waals surface area contributed by atoms with Crippen LogP contribution in [0.3, 0.4) is 0 Å². The number of hydrogen-bond donors (Lipinski definition) is 4. The van der Waals surface area contributed by atoms with Gasteiger partial charge >= 0.3 is 31.0 Å². The van der Waals surface area contributed by atoms with E-state index in [-0.39, 0.29) is 63.0 Å². The number of pyridine rings is 2. The molecule has 0 unspecified atom stereocenters. The number of carbonyl (C=O) groups is 2. The average Bonchev–Trinajstić information content (AvgIpc) is 3.85. The van der Waals surface area contributed by atoms with Crippen molar-refractivity contribution in [2.24, 2.45) is 0 Å². The lowest BCUT2D eigenvalue weighted by molar-refractivity contribution is -0.275. The van der Waals surface area contributed by atoms with Crippen LogP contribution in [0.2, 0.25) is 0 Å². The predicted octanol–water partition coefficient (Wildman–Crippen LogP) is 12.1. The minimum absolute atomic E-state index is 0.00566. The van der Waals surface area contributed by atoms with Crippen LogP contribution in [0, 0.1) is 0 Å². The summed E-state index contributed by atoms with van der Waals surface area (Å²) in [7, 11) is -9.10. The molecule has 4 heterocycles. The molecule has 0 bridgehead atoms. The maximum Gasteiger partial charge on any atom is 0.573 e. The van der Waals surface area contributed by atoms with Crippen molar-refractivity contribution in [3.8, 4) is 11.5 Å². The van der Waals surface area contributed by atoms with Crippen LogP contribution >= 0.6 is 0 Å². The van der Waals surface area contributed by atoms with Crippen molar-refractivity contribution < 1.29 is 93.7 Å². The summed E-state index contributed by atoms with van der Waals surface area (Å²) in [5.41, 5.74) is -4.39. The number of benzene rings is 4. The number of anilines is 6. The Morgan fingerprint density at radius 2 is 0.914 bits per heavy atom. The lowest BCUT2D eigenvalue weighted by Crippen LogP contribution is -2.43. The van der Waals surface area contributed by atoms with Gasteiger partial charge in [0.25, 0.3) is 20.0 Å². The maximum absolute atomic E-state index is 13.9. The third-order valence-corrected chi connectivity index (χ3v) is 16.0. The summed E-state index contributed by atoms with van der Waals surface area (Å²) < 4.78 is 220. The Balaban J connectivity index is 0.000000234. The summed E-state index contributed by atoms with van der Waals surface area (Å²) in [6, 6.07) is 18.6. The molecule has 6 aromatic rings. The monoisotopic (exact) mass is 1190 g/mol. The van der Waals surface area contributed by atoms with Crippen LogP contribution in [0.4, 0.5) is 87.1 Å². The lowest BCUT2D eigenvalue weighted by Gasteiger charge is -2.29. The molecule has 4 N–H and O–H groups in total. The number of amides is 1. The van der Waals surface area contributed by atoms with Gasteiger partial charge in [-0.2, -0.15) is 26.3 Å². The van der Waals surface area contributed by atoms with Gasteiger partial charge in [0.05, 0.1) is 56.5 Å². The Bertz CT molecular complexity index is 3610. The van der Waals surface area contributed by atoms with Crippen molar-refractivity contribution in [2.75, 3.05) is 19.2 Å². The Morgan fingerprint density at radius 3 is 1.23 bits per heavy atom. The molecule has 4 aromatic carbocycles. The molecule has 1 amide bonds. The second kappa shape index (κ2) is 21.5. The third-order valence-electron chi connectivity index (χ3n) is 12.5. The summed E-state index contributed by atoms with van der Waals surface area (Å²) >= 11 is 0. The first kappa shape index (κ1) is 60.6. The molecule has 2 aromatic heterocycles. The van der Waals surface area contributed by atoms with E-state index in [0.29, 0.717) is 11.6 Å². The van der Waals surface area contributed by atoms with E-state index in [1.165, 1.54) is 44.2 Å². The van der Waals surface area contributed by atoms with Gasteiger partial charge in [-0.25, -0.2) is 26.8 Å². The fraction of sp³-hybridized carbons (Fsp3) is 0.294. The summed E-state index contributed by atoms with van der Waals surface area (Å²) in [5.74, 6) is -3.40. The van der Waals surface area contributed by atoms with Crippen LogP contribution in [0.5, 0.6) is 11.5 Å². The average molecular weight is 1190 g/mol. The summed E-state index contributed by atoms with van der Waals surface area (Å²) in [4.78, 5) is 31.2. The fourth-order valence-electron chi connectivity index (χ4n) is 7.97. The molecule has 0 saturated carbocycles. The number of nitrogens with zero attached hydrogens (tertiary/aromatic N) is 4. The SMILES string of the molecule is CC(C)(C(=O)O)c1ccc2c(c1)N(S(=O)(=O)c1ccc(OC(F)(F)F)cc1)Cc1ccc(C(F)(F)F)nc1N2.CC(C)NC(=O)C(C)(C)c1ccc2c(c1)N(S(=O)(=O)c1ccc(OC(F)(F)F)cc1)Cc1ccc(C(F)(F)F)nc1N2. The lowest BCUT2D eigenvalue weighted by atomic mass is 9.83. The van der Waals surface area contributed by atoms with Crippen molar-refractivity contribution in [1.82, 2.24) is 15.3 Å². The topological polar surface area (TPSA) is 209 Å². The zero-order chi connectivity index (χ0) is 60.2. The molecule has 0 saturated heterocycles. The number of fused-ring (bicyclic) bond motifs is 4. The van der Waals surface area contributed by atoms with Gasteiger partial charge in [-0.15, -0.1) is 26.3 Å². The van der Waals surface area contributed by atoms with Crippen LogP contribution in [-0.2, 0) is 65.9 Å². The number of aromatic nitrogens is 2. The molecule has 2 aliphatic heterocycles. The van der Waals surface area contributed by atoms with Gasteiger partial charge in [-0.05, 0) is 138 Å². The minimum Gasteiger partial charge on any atom is -0.481 e. The van der Waals surface area contributed by atoms with Crippen LogP contribution in [-0.4, -0.2) is 62.6 Å². The summed E-state index contributed by atoms with van der Waals surface area (Å²) in [5, 5.41) is 17.9. The van der Waals surface area contributed by atoms with Crippen molar-refractivity contribution in [3.05, 3.63) is 143 Å². The Morgan fingerprint density at radius 1 is 0.556 bits per heavy atom. The van der Waals surface area contributed by atoms with E-state index < -0.39 is 108 Å². The highest BCUT2D eigenvalue weighted by atomic mass is 32.2. The molecule has 81 heavy (non-hydrogen) atoms. The number of carboxylic acid groups (broad SMARTS) is 1. The van der Waals surface area contributed by atoms with E-state index >= 15 is 0 Å². The smallest absolute Gasteiger partial charge is 0.481 e. The largest absolute Gasteiger partial charge is 0.573 e. The number of nitrogens with one attached hydrogen (secondary N) is 3. The third kappa shape index (κ3) is 13.4. The number of alkyl halides is 12. The van der Waals surface area contributed by atoms with Crippen molar-refractivity contribution >= 4 is 66.3 Å². The molecule has 0 fully saturated rings.